The summed E-state index contributed by atoms with van der Waals surface area (Å²) in [4.78, 5) is 29.3. The van der Waals surface area contributed by atoms with Gasteiger partial charge in [0.1, 0.15) is 0 Å². The number of carbonyl (C=O) groups is 2. The van der Waals surface area contributed by atoms with Crippen LogP contribution in [0.4, 0.5) is 0 Å². The summed E-state index contributed by atoms with van der Waals surface area (Å²) in [6, 6.07) is 21.1. The Morgan fingerprint density at radius 1 is 0.774 bits per heavy atom. The highest BCUT2D eigenvalue weighted by atomic mass is 16.2. The molecular weight excluding hydrogens is 386 g/mol. The molecule has 31 heavy (non-hydrogen) atoms. The number of carbonyl (C=O) groups excluding carboxylic acids is 2. The van der Waals surface area contributed by atoms with Gasteiger partial charge in [0.15, 0.2) is 0 Å². The molecule has 2 fully saturated rings. The molecule has 2 amide bonds. The van der Waals surface area contributed by atoms with Gasteiger partial charge in [-0.1, -0.05) is 60.7 Å². The highest BCUT2D eigenvalue weighted by Gasteiger charge is 2.29. The van der Waals surface area contributed by atoms with E-state index in [4.69, 9.17) is 0 Å². The Hall–Kier alpha value is -2.66. The van der Waals surface area contributed by atoms with E-state index in [2.05, 4.69) is 58.7 Å². The molecule has 4 rings (SSSR count). The van der Waals surface area contributed by atoms with Crippen molar-refractivity contribution in [2.45, 2.75) is 44.7 Å². The maximum atomic E-state index is 12.6. The Morgan fingerprint density at radius 3 is 1.97 bits per heavy atom. The van der Waals surface area contributed by atoms with E-state index in [-0.39, 0.29) is 11.9 Å². The van der Waals surface area contributed by atoms with Crippen LogP contribution in [0.3, 0.4) is 0 Å². The molecule has 164 valence electrons. The number of amides is 2. The van der Waals surface area contributed by atoms with Crippen LogP contribution in [0, 0.1) is 5.92 Å². The molecular formula is C26H33N3O2. The normalized spacial score (nSPS) is 18.6. The lowest BCUT2D eigenvalue weighted by molar-refractivity contribution is -0.147. The number of nitrogens with zero attached hydrogens (tertiary/aromatic N) is 2. The lowest BCUT2D eigenvalue weighted by Crippen LogP contribution is -2.51. The topological polar surface area (TPSA) is 52.7 Å². The Morgan fingerprint density at radius 2 is 1.35 bits per heavy atom. The van der Waals surface area contributed by atoms with Gasteiger partial charge in [0.2, 0.25) is 0 Å². The van der Waals surface area contributed by atoms with Crippen LogP contribution in [0.2, 0.25) is 0 Å². The van der Waals surface area contributed by atoms with Gasteiger partial charge >= 0.3 is 11.8 Å². The predicted octanol–water partition coefficient (Wildman–Crippen LogP) is 3.25. The van der Waals surface area contributed by atoms with Crippen molar-refractivity contribution in [1.82, 2.24) is 15.1 Å². The molecule has 0 spiro atoms. The second kappa shape index (κ2) is 10.6. The summed E-state index contributed by atoms with van der Waals surface area (Å²) >= 11 is 0. The van der Waals surface area contributed by atoms with Gasteiger partial charge in [-0.25, -0.2) is 0 Å². The van der Waals surface area contributed by atoms with E-state index in [9.17, 15) is 9.59 Å². The van der Waals surface area contributed by atoms with Gasteiger partial charge in [-0.05, 0) is 49.1 Å². The number of hydrogen-bond acceptors (Lipinski definition) is 3. The first kappa shape index (κ1) is 21.6. The minimum atomic E-state index is -0.428. The maximum Gasteiger partial charge on any atom is 0.311 e. The third kappa shape index (κ3) is 6.17. The smallest absolute Gasteiger partial charge is 0.311 e. The summed E-state index contributed by atoms with van der Waals surface area (Å²) < 4.78 is 0. The zero-order valence-corrected chi connectivity index (χ0v) is 18.2. The second-order valence-corrected chi connectivity index (χ2v) is 8.93. The van der Waals surface area contributed by atoms with Crippen LogP contribution in [0.25, 0.3) is 0 Å². The molecule has 0 bridgehead atoms. The fourth-order valence-corrected chi connectivity index (χ4v) is 4.76. The van der Waals surface area contributed by atoms with Crippen molar-refractivity contribution >= 4 is 11.8 Å². The number of rotatable bonds is 5. The van der Waals surface area contributed by atoms with Crippen LogP contribution >= 0.6 is 0 Å². The molecule has 0 aliphatic carbocycles. The lowest BCUT2D eigenvalue weighted by Gasteiger charge is -2.34. The van der Waals surface area contributed by atoms with E-state index in [0.717, 1.165) is 51.7 Å². The summed E-state index contributed by atoms with van der Waals surface area (Å²) in [5, 5.41) is 2.99. The first-order valence-corrected chi connectivity index (χ1v) is 11.6. The molecule has 5 nitrogen and oxygen atoms in total. The SMILES string of the molecule is O=C(NC1CCN(Cc2ccccc2)CC1)C(=O)N1CCC(Cc2ccccc2)CC1. The standard InChI is InChI=1S/C26H33N3O2/c30-25(27-24-13-15-28(16-14-24)20-23-9-5-2-6-10-23)26(31)29-17-11-22(12-18-29)19-21-7-3-1-4-8-21/h1-10,22,24H,11-20H2,(H,27,30). The number of hydrogen-bond donors (Lipinski definition) is 1. The largest absolute Gasteiger partial charge is 0.345 e. The van der Waals surface area contributed by atoms with Gasteiger partial charge in [-0.3, -0.25) is 14.5 Å². The fraction of sp³-hybridized carbons (Fsp3) is 0.462. The third-order valence-corrected chi connectivity index (χ3v) is 6.63. The van der Waals surface area contributed by atoms with Crippen molar-refractivity contribution in [2.75, 3.05) is 26.2 Å². The molecule has 2 saturated heterocycles. The van der Waals surface area contributed by atoms with E-state index in [1.54, 1.807) is 4.90 Å². The average molecular weight is 420 g/mol. The van der Waals surface area contributed by atoms with Crippen LogP contribution in [0.5, 0.6) is 0 Å². The van der Waals surface area contributed by atoms with E-state index in [1.807, 2.05) is 12.1 Å². The first-order valence-electron chi connectivity index (χ1n) is 11.6. The summed E-state index contributed by atoms with van der Waals surface area (Å²) in [7, 11) is 0. The molecule has 1 N–H and O–H groups in total. The molecule has 0 atom stereocenters. The molecule has 2 aliphatic heterocycles. The van der Waals surface area contributed by atoms with Crippen LogP contribution in [0.1, 0.15) is 36.8 Å². The summed E-state index contributed by atoms with van der Waals surface area (Å²) in [6.45, 7) is 4.19. The van der Waals surface area contributed by atoms with Crippen LogP contribution in [-0.4, -0.2) is 53.8 Å². The summed E-state index contributed by atoms with van der Waals surface area (Å²) in [5.41, 5.74) is 2.67. The van der Waals surface area contributed by atoms with Gasteiger partial charge in [0.05, 0.1) is 0 Å². The van der Waals surface area contributed by atoms with Crippen molar-refractivity contribution in [3.05, 3.63) is 71.8 Å². The van der Waals surface area contributed by atoms with Crippen molar-refractivity contribution in [2.24, 2.45) is 5.92 Å². The van der Waals surface area contributed by atoms with E-state index in [0.29, 0.717) is 19.0 Å². The maximum absolute atomic E-state index is 12.6. The van der Waals surface area contributed by atoms with E-state index < -0.39 is 5.91 Å². The van der Waals surface area contributed by atoms with Crippen LogP contribution in [0.15, 0.2) is 60.7 Å². The van der Waals surface area contributed by atoms with E-state index in [1.165, 1.54) is 11.1 Å². The fourth-order valence-electron chi connectivity index (χ4n) is 4.76. The number of piperidine rings is 2. The molecule has 0 unspecified atom stereocenters. The van der Waals surface area contributed by atoms with Crippen molar-refractivity contribution in [3.8, 4) is 0 Å². The monoisotopic (exact) mass is 419 g/mol. The van der Waals surface area contributed by atoms with Gasteiger partial charge < -0.3 is 10.2 Å². The molecule has 2 aromatic carbocycles. The molecule has 2 aliphatic rings. The molecule has 2 aromatic rings. The molecule has 0 radical (unpaired) electrons. The zero-order chi connectivity index (χ0) is 21.5. The quantitative estimate of drug-likeness (QED) is 0.757. The minimum Gasteiger partial charge on any atom is -0.345 e. The van der Waals surface area contributed by atoms with Crippen molar-refractivity contribution in [3.63, 3.8) is 0 Å². The molecule has 0 saturated carbocycles. The van der Waals surface area contributed by atoms with E-state index >= 15 is 0 Å². The molecule has 0 aromatic heterocycles. The Labute approximate surface area is 185 Å². The van der Waals surface area contributed by atoms with Crippen molar-refractivity contribution < 1.29 is 9.59 Å². The average Bonchev–Trinajstić information content (AvgIpc) is 2.82. The molecule has 5 heteroatoms. The molecule has 2 heterocycles. The van der Waals surface area contributed by atoms with Crippen LogP contribution < -0.4 is 5.32 Å². The lowest BCUT2D eigenvalue weighted by atomic mass is 9.90. The van der Waals surface area contributed by atoms with Gasteiger partial charge in [0.25, 0.3) is 0 Å². The number of nitrogens with one attached hydrogen (secondary N) is 1. The Kier molecular flexibility index (Phi) is 7.36. The predicted molar refractivity (Wildman–Crippen MR) is 122 cm³/mol. The number of likely N-dealkylation sites (tertiary alicyclic amines) is 2. The van der Waals surface area contributed by atoms with Gasteiger partial charge in [0, 0.05) is 38.8 Å². The first-order chi connectivity index (χ1) is 15.2. The Bertz CT molecular complexity index is 839. The minimum absolute atomic E-state index is 0.0964. The van der Waals surface area contributed by atoms with Crippen molar-refractivity contribution in [1.29, 1.82) is 0 Å². The van der Waals surface area contributed by atoms with Gasteiger partial charge in [-0.2, -0.15) is 0 Å². The van der Waals surface area contributed by atoms with Crippen LogP contribution in [-0.2, 0) is 22.6 Å². The summed E-state index contributed by atoms with van der Waals surface area (Å²) in [5.74, 6) is -0.198. The number of benzene rings is 2. The Balaban J connectivity index is 1.17. The highest BCUT2D eigenvalue weighted by Crippen LogP contribution is 2.22. The van der Waals surface area contributed by atoms with Gasteiger partial charge in [-0.15, -0.1) is 0 Å². The second-order valence-electron chi connectivity index (χ2n) is 8.93. The highest BCUT2D eigenvalue weighted by molar-refractivity contribution is 6.35. The zero-order valence-electron chi connectivity index (χ0n) is 18.2. The summed E-state index contributed by atoms with van der Waals surface area (Å²) in [6.07, 6.45) is 4.77. The third-order valence-electron chi connectivity index (χ3n) is 6.63.